The molecule has 2 fully saturated rings. The molecule has 108 valence electrons. The molecule has 2 saturated heterocycles. The van der Waals surface area contributed by atoms with Crippen LogP contribution in [0.5, 0.6) is 11.5 Å². The van der Waals surface area contributed by atoms with E-state index in [1.807, 2.05) is 18.2 Å². The van der Waals surface area contributed by atoms with Crippen LogP contribution in [0.2, 0.25) is 0 Å². The van der Waals surface area contributed by atoms with Crippen LogP contribution in [0.25, 0.3) is 0 Å². The van der Waals surface area contributed by atoms with E-state index in [2.05, 4.69) is 5.32 Å². The van der Waals surface area contributed by atoms with E-state index < -0.39 is 0 Å². The Morgan fingerprint density at radius 1 is 1.35 bits per heavy atom. The predicted molar refractivity (Wildman–Crippen MR) is 73.2 cm³/mol. The zero-order valence-electron chi connectivity index (χ0n) is 11.6. The van der Waals surface area contributed by atoms with Crippen molar-refractivity contribution in [2.24, 2.45) is 0 Å². The monoisotopic (exact) mass is 277 g/mol. The third-order valence-corrected chi connectivity index (χ3v) is 3.82. The van der Waals surface area contributed by atoms with Gasteiger partial charge in [-0.2, -0.15) is 0 Å². The second-order valence-corrected chi connectivity index (χ2v) is 5.22. The van der Waals surface area contributed by atoms with Gasteiger partial charge in [-0.3, -0.25) is 4.79 Å². The minimum atomic E-state index is 0.0856. The number of benzene rings is 1. The number of nitrogens with one attached hydrogen (secondary N) is 1. The van der Waals surface area contributed by atoms with Crippen molar-refractivity contribution in [1.82, 2.24) is 5.32 Å². The van der Waals surface area contributed by atoms with Gasteiger partial charge in [-0.1, -0.05) is 6.07 Å². The maximum absolute atomic E-state index is 11.3. The van der Waals surface area contributed by atoms with Gasteiger partial charge < -0.3 is 19.5 Å². The molecule has 0 saturated carbocycles. The van der Waals surface area contributed by atoms with Gasteiger partial charge in [0.15, 0.2) is 11.5 Å². The molecule has 1 N–H and O–H groups in total. The summed E-state index contributed by atoms with van der Waals surface area (Å²) in [6.07, 6.45) is 1.53. The molecule has 0 radical (unpaired) electrons. The molecular formula is C15H19NO4. The molecule has 20 heavy (non-hydrogen) atoms. The second kappa shape index (κ2) is 5.71. The molecular weight excluding hydrogens is 258 g/mol. The van der Waals surface area contributed by atoms with Crippen molar-refractivity contribution in [3.8, 4) is 11.5 Å². The highest BCUT2D eigenvalue weighted by Gasteiger charge is 2.25. The zero-order chi connectivity index (χ0) is 13.9. The Hall–Kier alpha value is -1.75. The molecule has 5 heteroatoms. The molecule has 3 rings (SSSR count). The lowest BCUT2D eigenvalue weighted by atomic mass is 9.98. The van der Waals surface area contributed by atoms with E-state index in [0.717, 1.165) is 30.1 Å². The van der Waals surface area contributed by atoms with Gasteiger partial charge in [-0.15, -0.1) is 0 Å². The smallest absolute Gasteiger partial charge is 0.220 e. The second-order valence-electron chi connectivity index (χ2n) is 5.22. The molecule has 0 aromatic heterocycles. The van der Waals surface area contributed by atoms with Crippen LogP contribution in [0.4, 0.5) is 0 Å². The van der Waals surface area contributed by atoms with E-state index in [4.69, 9.17) is 14.2 Å². The molecule has 1 amide bonds. The van der Waals surface area contributed by atoms with E-state index in [0.29, 0.717) is 19.6 Å². The van der Waals surface area contributed by atoms with Crippen LogP contribution in [0.15, 0.2) is 18.2 Å². The van der Waals surface area contributed by atoms with Gasteiger partial charge in [0.1, 0.15) is 6.10 Å². The van der Waals surface area contributed by atoms with Gasteiger partial charge in [0.25, 0.3) is 0 Å². The van der Waals surface area contributed by atoms with Crippen LogP contribution in [0.3, 0.4) is 0 Å². The number of hydrogen-bond acceptors (Lipinski definition) is 4. The Kier molecular flexibility index (Phi) is 3.78. The quantitative estimate of drug-likeness (QED) is 0.905. The molecule has 2 aliphatic rings. The number of amides is 1. The Morgan fingerprint density at radius 2 is 2.25 bits per heavy atom. The van der Waals surface area contributed by atoms with Crippen molar-refractivity contribution in [3.05, 3.63) is 23.8 Å². The molecule has 0 spiro atoms. The molecule has 2 aliphatic heterocycles. The summed E-state index contributed by atoms with van der Waals surface area (Å²) in [5.74, 6) is 1.78. The van der Waals surface area contributed by atoms with Gasteiger partial charge in [0.05, 0.1) is 20.3 Å². The number of hydrogen-bond donors (Lipinski definition) is 1. The molecule has 0 bridgehead atoms. The first-order valence-corrected chi connectivity index (χ1v) is 6.95. The summed E-state index contributed by atoms with van der Waals surface area (Å²) in [5, 5.41) is 2.86. The van der Waals surface area contributed by atoms with Crippen LogP contribution in [-0.4, -0.2) is 38.9 Å². The van der Waals surface area contributed by atoms with Gasteiger partial charge in [0.2, 0.25) is 5.91 Å². The summed E-state index contributed by atoms with van der Waals surface area (Å²) in [6, 6.07) is 5.90. The first-order valence-electron chi connectivity index (χ1n) is 6.95. The van der Waals surface area contributed by atoms with E-state index in [1.165, 1.54) is 0 Å². The van der Waals surface area contributed by atoms with Crippen molar-refractivity contribution in [3.63, 3.8) is 0 Å². The van der Waals surface area contributed by atoms with Crippen LogP contribution >= 0.6 is 0 Å². The number of ether oxygens (including phenoxy) is 3. The summed E-state index contributed by atoms with van der Waals surface area (Å²) < 4.78 is 16.6. The Balaban J connectivity index is 1.80. The highest BCUT2D eigenvalue weighted by Crippen LogP contribution is 2.34. The van der Waals surface area contributed by atoms with Crippen molar-refractivity contribution >= 4 is 5.91 Å². The summed E-state index contributed by atoms with van der Waals surface area (Å²) in [5.41, 5.74) is 1.11. The van der Waals surface area contributed by atoms with Crippen LogP contribution in [0.1, 0.15) is 24.3 Å². The van der Waals surface area contributed by atoms with Crippen molar-refractivity contribution in [1.29, 1.82) is 0 Å². The van der Waals surface area contributed by atoms with Gasteiger partial charge >= 0.3 is 0 Å². The van der Waals surface area contributed by atoms with Crippen molar-refractivity contribution in [2.75, 3.05) is 26.9 Å². The summed E-state index contributed by atoms with van der Waals surface area (Å²) in [6.45, 7) is 2.06. The summed E-state index contributed by atoms with van der Waals surface area (Å²) in [4.78, 5) is 11.3. The van der Waals surface area contributed by atoms with Crippen molar-refractivity contribution in [2.45, 2.75) is 24.9 Å². The minimum absolute atomic E-state index is 0.0856. The molecule has 2 heterocycles. The average molecular weight is 277 g/mol. The zero-order valence-corrected chi connectivity index (χ0v) is 11.6. The lowest BCUT2D eigenvalue weighted by molar-refractivity contribution is -0.119. The highest BCUT2D eigenvalue weighted by atomic mass is 16.6. The highest BCUT2D eigenvalue weighted by molar-refractivity contribution is 5.79. The Morgan fingerprint density at radius 3 is 2.90 bits per heavy atom. The molecule has 1 aromatic rings. The number of carbonyl (C=O) groups is 1. The average Bonchev–Trinajstić information content (AvgIpc) is 3.10. The number of carbonyl (C=O) groups excluding carboxylic acids is 1. The van der Waals surface area contributed by atoms with E-state index >= 15 is 0 Å². The third-order valence-electron chi connectivity index (χ3n) is 3.82. The summed E-state index contributed by atoms with van der Waals surface area (Å²) >= 11 is 0. The van der Waals surface area contributed by atoms with E-state index in [-0.39, 0.29) is 17.9 Å². The van der Waals surface area contributed by atoms with Gasteiger partial charge in [-0.05, 0) is 17.7 Å². The maximum Gasteiger partial charge on any atom is 0.220 e. The topological polar surface area (TPSA) is 56.8 Å². The van der Waals surface area contributed by atoms with Crippen LogP contribution in [-0.2, 0) is 9.53 Å². The van der Waals surface area contributed by atoms with Crippen LogP contribution in [0, 0.1) is 0 Å². The van der Waals surface area contributed by atoms with Crippen LogP contribution < -0.4 is 14.8 Å². The maximum atomic E-state index is 11.3. The molecule has 1 aromatic carbocycles. The number of rotatable bonds is 4. The van der Waals surface area contributed by atoms with E-state index in [1.54, 1.807) is 7.11 Å². The molecule has 5 nitrogen and oxygen atoms in total. The Bertz CT molecular complexity index is 497. The fourth-order valence-corrected chi connectivity index (χ4v) is 2.67. The van der Waals surface area contributed by atoms with Crippen molar-refractivity contribution < 1.29 is 19.0 Å². The molecule has 0 aliphatic carbocycles. The minimum Gasteiger partial charge on any atom is -0.493 e. The Labute approximate surface area is 118 Å². The third kappa shape index (κ3) is 2.72. The van der Waals surface area contributed by atoms with E-state index in [9.17, 15) is 4.79 Å². The SMILES string of the molecule is COc1ccc([C@H]2CNC(=O)C2)cc1O[C@H]1CCOC1. The lowest BCUT2D eigenvalue weighted by Gasteiger charge is -2.17. The number of methoxy groups -OCH3 is 1. The predicted octanol–water partition coefficient (Wildman–Crippen LogP) is 1.47. The first kappa shape index (κ1) is 13.2. The van der Waals surface area contributed by atoms with Gasteiger partial charge in [0, 0.05) is 25.3 Å². The summed E-state index contributed by atoms with van der Waals surface area (Å²) in [7, 11) is 1.63. The molecule has 2 atom stereocenters. The molecule has 0 unspecified atom stereocenters. The first-order chi connectivity index (χ1) is 9.76. The largest absolute Gasteiger partial charge is 0.493 e. The fourth-order valence-electron chi connectivity index (χ4n) is 2.67. The normalized spacial score (nSPS) is 25.6. The lowest BCUT2D eigenvalue weighted by Crippen LogP contribution is -2.16. The van der Waals surface area contributed by atoms with Gasteiger partial charge in [-0.25, -0.2) is 0 Å². The standard InChI is InChI=1S/C15H19NO4/c1-18-13-3-2-10(11-7-15(17)16-8-11)6-14(13)20-12-4-5-19-9-12/h2-3,6,11-12H,4-5,7-9H2,1H3,(H,16,17)/t11-,12+/m1/s1. The fraction of sp³-hybridized carbons (Fsp3) is 0.533.